The number of aromatic nitrogens is 2. The lowest BCUT2D eigenvalue weighted by Crippen LogP contribution is -2.23. The topological polar surface area (TPSA) is 73.3 Å². The predicted octanol–water partition coefficient (Wildman–Crippen LogP) is 6.27. The summed E-state index contributed by atoms with van der Waals surface area (Å²) in [6.07, 6.45) is 2.59. The third-order valence-corrected chi connectivity index (χ3v) is 6.44. The third kappa shape index (κ3) is 5.96. The Morgan fingerprint density at radius 2 is 1.65 bits per heavy atom. The van der Waals surface area contributed by atoms with Crippen molar-refractivity contribution in [3.8, 4) is 5.75 Å². The van der Waals surface area contributed by atoms with E-state index in [1.807, 2.05) is 55.5 Å². The molecular formula is C31H36N2O4. The number of H-pyrrole nitrogens is 1. The molecule has 0 saturated heterocycles. The van der Waals surface area contributed by atoms with E-state index in [0.29, 0.717) is 6.54 Å². The van der Waals surface area contributed by atoms with E-state index < -0.39 is 12.1 Å². The first-order valence-corrected chi connectivity index (χ1v) is 13.2. The maximum absolute atomic E-state index is 13.0. The minimum absolute atomic E-state index is 0.127. The molecule has 6 nitrogen and oxygen atoms in total. The largest absolute Gasteiger partial charge is 0.473 e. The zero-order valence-corrected chi connectivity index (χ0v) is 22.2. The van der Waals surface area contributed by atoms with Gasteiger partial charge in [-0.15, -0.1) is 0 Å². The molecule has 0 bridgehead atoms. The summed E-state index contributed by atoms with van der Waals surface area (Å²) >= 11 is 0. The van der Waals surface area contributed by atoms with E-state index in [9.17, 15) is 9.59 Å². The Kier molecular flexibility index (Phi) is 8.49. The number of nitrogens with zero attached hydrogens (tertiary/aromatic N) is 1. The van der Waals surface area contributed by atoms with Crippen molar-refractivity contribution < 1.29 is 14.3 Å². The number of imidazole rings is 1. The minimum Gasteiger partial charge on any atom is -0.473 e. The van der Waals surface area contributed by atoms with Crippen LogP contribution in [0.3, 0.4) is 0 Å². The van der Waals surface area contributed by atoms with Gasteiger partial charge in [0, 0.05) is 5.56 Å². The second-order valence-electron chi connectivity index (χ2n) is 9.44. The predicted molar refractivity (Wildman–Crippen MR) is 147 cm³/mol. The molecule has 0 aliphatic heterocycles. The molecule has 0 saturated carbocycles. The van der Waals surface area contributed by atoms with E-state index in [2.05, 4.69) is 31.0 Å². The molecule has 0 spiro atoms. The lowest BCUT2D eigenvalue weighted by atomic mass is 9.97. The molecular weight excluding hydrogens is 464 g/mol. The van der Waals surface area contributed by atoms with Crippen LogP contribution in [0.1, 0.15) is 67.5 Å². The first kappa shape index (κ1) is 26.3. The summed E-state index contributed by atoms with van der Waals surface area (Å²) in [5.74, 6) is 0.353. The third-order valence-electron chi connectivity index (χ3n) is 6.44. The number of carbonyl (C=O) groups excluding carboxylic acids is 1. The second kappa shape index (κ2) is 12.0. The number of carbonyl (C=O) groups is 1. The number of benzene rings is 3. The minimum atomic E-state index is -0.854. The Hall–Kier alpha value is -3.80. The van der Waals surface area contributed by atoms with E-state index in [1.165, 1.54) is 0 Å². The number of hydrogen-bond acceptors (Lipinski definition) is 4. The molecule has 6 heteroatoms. The highest BCUT2D eigenvalue weighted by Gasteiger charge is 2.27. The molecule has 3 aromatic carbocycles. The van der Waals surface area contributed by atoms with Gasteiger partial charge in [-0.25, -0.2) is 9.59 Å². The summed E-state index contributed by atoms with van der Waals surface area (Å²) in [5, 5.41) is 0. The smallest absolute Gasteiger partial charge is 0.352 e. The Morgan fingerprint density at radius 3 is 2.30 bits per heavy atom. The number of esters is 1. The summed E-state index contributed by atoms with van der Waals surface area (Å²) in [4.78, 5) is 28.7. The summed E-state index contributed by atoms with van der Waals surface area (Å²) in [7, 11) is 0. The van der Waals surface area contributed by atoms with Gasteiger partial charge in [0.2, 0.25) is 6.10 Å². The van der Waals surface area contributed by atoms with Crippen LogP contribution < -0.4 is 10.4 Å². The van der Waals surface area contributed by atoms with Gasteiger partial charge in [0.15, 0.2) is 0 Å². The molecule has 4 rings (SSSR count). The van der Waals surface area contributed by atoms with Crippen LogP contribution in [0.25, 0.3) is 11.0 Å². The molecule has 0 aliphatic rings. The van der Waals surface area contributed by atoms with Crippen LogP contribution in [-0.2, 0) is 28.9 Å². The standard InChI is InChI=1S/C31H36N2O4/c1-5-11-23-18-22(20-33-27-16-9-8-15-26(27)32-31(33)35)19-24(12-6-2)28(23)37-29(30(34)36-7-3)25-14-10-13-21(4)17-25/h8-10,13-19,29H,5-7,11-12,20H2,1-4H3,(H,32,35). The number of aromatic amines is 1. The van der Waals surface area contributed by atoms with E-state index in [0.717, 1.165) is 70.3 Å². The van der Waals surface area contributed by atoms with Gasteiger partial charge in [-0.05, 0) is 55.5 Å². The van der Waals surface area contributed by atoms with Gasteiger partial charge < -0.3 is 14.5 Å². The average molecular weight is 501 g/mol. The summed E-state index contributed by atoms with van der Waals surface area (Å²) in [6, 6.07) is 19.8. The molecule has 0 amide bonds. The molecule has 1 aromatic heterocycles. The molecule has 37 heavy (non-hydrogen) atoms. The van der Waals surface area contributed by atoms with Crippen LogP contribution in [0.5, 0.6) is 5.75 Å². The van der Waals surface area contributed by atoms with E-state index in [1.54, 1.807) is 11.5 Å². The average Bonchev–Trinajstić information content (AvgIpc) is 3.19. The Labute approximate surface area is 218 Å². The van der Waals surface area contributed by atoms with Crippen molar-refractivity contribution in [2.75, 3.05) is 6.61 Å². The Bertz CT molecular complexity index is 1410. The Morgan fingerprint density at radius 1 is 0.946 bits per heavy atom. The maximum Gasteiger partial charge on any atom is 0.352 e. The van der Waals surface area contributed by atoms with E-state index in [4.69, 9.17) is 9.47 Å². The van der Waals surface area contributed by atoms with Crippen molar-refractivity contribution in [1.82, 2.24) is 9.55 Å². The van der Waals surface area contributed by atoms with Crippen LogP contribution in [0.4, 0.5) is 0 Å². The number of nitrogens with one attached hydrogen (secondary N) is 1. The van der Waals surface area contributed by atoms with E-state index in [-0.39, 0.29) is 12.3 Å². The monoisotopic (exact) mass is 500 g/mol. The highest BCUT2D eigenvalue weighted by molar-refractivity contribution is 5.77. The van der Waals surface area contributed by atoms with Gasteiger partial charge in [-0.1, -0.05) is 80.8 Å². The molecule has 1 unspecified atom stereocenters. The molecule has 0 fully saturated rings. The number of hydrogen-bond donors (Lipinski definition) is 1. The van der Waals surface area contributed by atoms with Crippen molar-refractivity contribution in [2.45, 2.75) is 66.0 Å². The molecule has 194 valence electrons. The van der Waals surface area contributed by atoms with Crippen molar-refractivity contribution in [3.05, 3.63) is 99.0 Å². The van der Waals surface area contributed by atoms with Crippen LogP contribution >= 0.6 is 0 Å². The number of ether oxygens (including phenoxy) is 2. The van der Waals surface area contributed by atoms with Crippen molar-refractivity contribution in [3.63, 3.8) is 0 Å². The normalized spacial score (nSPS) is 12.0. The number of fused-ring (bicyclic) bond motifs is 1. The molecule has 1 atom stereocenters. The van der Waals surface area contributed by atoms with Gasteiger partial charge in [0.05, 0.1) is 24.2 Å². The maximum atomic E-state index is 13.0. The highest BCUT2D eigenvalue weighted by Crippen LogP contribution is 2.34. The second-order valence-corrected chi connectivity index (χ2v) is 9.44. The summed E-state index contributed by atoms with van der Waals surface area (Å²) in [6.45, 7) is 8.80. The zero-order chi connectivity index (χ0) is 26.4. The van der Waals surface area contributed by atoms with E-state index >= 15 is 0 Å². The number of aryl methyl sites for hydroxylation is 3. The number of rotatable bonds is 11. The fraction of sp³-hybridized carbons (Fsp3) is 0.355. The van der Waals surface area contributed by atoms with Crippen LogP contribution in [0, 0.1) is 6.92 Å². The van der Waals surface area contributed by atoms with Gasteiger partial charge in [-0.3, -0.25) is 4.57 Å². The SMILES string of the molecule is CCCc1cc(Cn2c(=O)[nH]c3ccccc32)cc(CCC)c1OC(C(=O)OCC)c1cccc(C)c1. The summed E-state index contributed by atoms with van der Waals surface area (Å²) in [5.41, 5.74) is 6.52. The lowest BCUT2D eigenvalue weighted by molar-refractivity contribution is -0.151. The van der Waals surface area contributed by atoms with Gasteiger partial charge in [-0.2, -0.15) is 0 Å². The molecule has 0 aliphatic carbocycles. The molecule has 1 heterocycles. The van der Waals surface area contributed by atoms with Gasteiger partial charge in [0.25, 0.3) is 0 Å². The fourth-order valence-electron chi connectivity index (χ4n) is 4.85. The van der Waals surface area contributed by atoms with Crippen LogP contribution in [-0.4, -0.2) is 22.1 Å². The van der Waals surface area contributed by atoms with Crippen molar-refractivity contribution >= 4 is 17.0 Å². The van der Waals surface area contributed by atoms with Gasteiger partial charge in [0.1, 0.15) is 5.75 Å². The number of para-hydroxylation sites is 2. The highest BCUT2D eigenvalue weighted by atomic mass is 16.6. The van der Waals surface area contributed by atoms with Crippen LogP contribution in [0.2, 0.25) is 0 Å². The Balaban J connectivity index is 1.78. The fourth-order valence-corrected chi connectivity index (χ4v) is 4.85. The quantitative estimate of drug-likeness (QED) is 0.246. The van der Waals surface area contributed by atoms with Gasteiger partial charge >= 0.3 is 11.7 Å². The lowest BCUT2D eigenvalue weighted by Gasteiger charge is -2.23. The zero-order valence-electron chi connectivity index (χ0n) is 22.2. The first-order chi connectivity index (χ1) is 17.9. The molecule has 4 aromatic rings. The van der Waals surface area contributed by atoms with Crippen LogP contribution in [0.15, 0.2) is 65.5 Å². The molecule has 0 radical (unpaired) electrons. The first-order valence-electron chi connectivity index (χ1n) is 13.2. The van der Waals surface area contributed by atoms with Crippen molar-refractivity contribution in [2.24, 2.45) is 0 Å². The van der Waals surface area contributed by atoms with Crippen molar-refractivity contribution in [1.29, 1.82) is 0 Å². The summed E-state index contributed by atoms with van der Waals surface area (Å²) < 4.78 is 13.8. The molecule has 1 N–H and O–H groups in total.